The molecule has 0 aromatic carbocycles. The van der Waals surface area contributed by atoms with E-state index in [0.29, 0.717) is 0 Å². The van der Waals surface area contributed by atoms with Gasteiger partial charge in [-0.3, -0.25) is 0 Å². The van der Waals surface area contributed by atoms with Crippen LogP contribution in [0.1, 0.15) is 62.1 Å². The van der Waals surface area contributed by atoms with Gasteiger partial charge in [0.1, 0.15) is 16.9 Å². The van der Waals surface area contributed by atoms with Crippen LogP contribution in [-0.4, -0.2) is 48.4 Å². The lowest BCUT2D eigenvalue weighted by molar-refractivity contribution is 0.362. The number of thioether (sulfide) groups is 1. The fraction of sp³-hybridized carbons (Fsp3) is 0.727. The minimum absolute atomic E-state index is 0.824. The third-order valence-corrected chi connectivity index (χ3v) is 7.46. The molecule has 2 fully saturated rings. The molecule has 1 aromatic heterocycles. The van der Waals surface area contributed by atoms with Gasteiger partial charge in [-0.1, -0.05) is 6.92 Å². The fourth-order valence-electron chi connectivity index (χ4n) is 4.76. The van der Waals surface area contributed by atoms with Crippen molar-refractivity contribution in [2.24, 2.45) is 5.92 Å². The molecule has 5 heteroatoms. The number of aromatic nitrogens is 1. The van der Waals surface area contributed by atoms with E-state index in [0.717, 1.165) is 54.7 Å². The number of rotatable bonds is 5. The maximum Gasteiger partial charge on any atom is 0.133 e. The van der Waals surface area contributed by atoms with Gasteiger partial charge in [-0.25, -0.2) is 4.98 Å². The maximum atomic E-state index is 9.89. The molecule has 0 amide bonds. The van der Waals surface area contributed by atoms with Crippen molar-refractivity contribution in [2.75, 3.05) is 43.4 Å². The topological polar surface area (TPSA) is 43.2 Å². The van der Waals surface area contributed by atoms with Gasteiger partial charge in [-0.2, -0.15) is 5.26 Å². The van der Waals surface area contributed by atoms with Crippen molar-refractivity contribution in [2.45, 2.75) is 63.3 Å². The Kier molecular flexibility index (Phi) is 6.24. The predicted octanol–water partition coefficient (Wildman–Crippen LogP) is 4.26. The zero-order valence-corrected chi connectivity index (χ0v) is 17.5. The van der Waals surface area contributed by atoms with Crippen LogP contribution in [0.15, 0.2) is 5.03 Å². The first-order valence-corrected chi connectivity index (χ1v) is 11.8. The van der Waals surface area contributed by atoms with E-state index in [9.17, 15) is 5.26 Å². The van der Waals surface area contributed by atoms with Crippen LogP contribution in [0.3, 0.4) is 0 Å². The Morgan fingerprint density at radius 2 is 1.74 bits per heavy atom. The van der Waals surface area contributed by atoms with Crippen molar-refractivity contribution in [1.82, 2.24) is 9.88 Å². The van der Waals surface area contributed by atoms with Gasteiger partial charge in [0.2, 0.25) is 0 Å². The summed E-state index contributed by atoms with van der Waals surface area (Å²) in [6.07, 6.45) is 9.78. The van der Waals surface area contributed by atoms with Crippen molar-refractivity contribution in [3.63, 3.8) is 0 Å². The van der Waals surface area contributed by atoms with Crippen LogP contribution in [-0.2, 0) is 12.8 Å². The minimum atomic E-state index is 0.824. The van der Waals surface area contributed by atoms with Crippen LogP contribution >= 0.6 is 11.8 Å². The van der Waals surface area contributed by atoms with E-state index in [2.05, 4.69) is 22.8 Å². The molecule has 2 aliphatic heterocycles. The quantitative estimate of drug-likeness (QED) is 0.710. The van der Waals surface area contributed by atoms with E-state index in [1.807, 2.05) is 11.8 Å². The Balaban J connectivity index is 1.59. The highest BCUT2D eigenvalue weighted by molar-refractivity contribution is 7.99. The molecule has 146 valence electrons. The van der Waals surface area contributed by atoms with Crippen LogP contribution in [0, 0.1) is 17.2 Å². The molecule has 0 N–H and O–H groups in total. The molecule has 1 aromatic rings. The molecule has 3 heterocycles. The molecule has 27 heavy (non-hydrogen) atoms. The summed E-state index contributed by atoms with van der Waals surface area (Å²) in [7, 11) is 0. The lowest BCUT2D eigenvalue weighted by Gasteiger charge is -2.34. The number of hydrogen-bond donors (Lipinski definition) is 0. The molecule has 0 unspecified atom stereocenters. The summed E-state index contributed by atoms with van der Waals surface area (Å²) in [5.74, 6) is 3.07. The van der Waals surface area contributed by atoms with E-state index in [1.165, 1.54) is 68.6 Å². The normalized spacial score (nSPS) is 21.3. The first kappa shape index (κ1) is 19.1. The molecule has 0 atom stereocenters. The second-order valence-electron chi connectivity index (χ2n) is 8.46. The number of piperidine rings is 1. The number of fused-ring (bicyclic) bond motifs is 1. The summed E-state index contributed by atoms with van der Waals surface area (Å²) in [6.45, 7) is 8.18. The molecule has 4 nitrogen and oxygen atoms in total. The fourth-order valence-corrected chi connectivity index (χ4v) is 5.76. The second kappa shape index (κ2) is 8.84. The van der Waals surface area contributed by atoms with Gasteiger partial charge in [0, 0.05) is 25.4 Å². The van der Waals surface area contributed by atoms with E-state index >= 15 is 0 Å². The third-order valence-electron chi connectivity index (χ3n) is 6.50. The Bertz CT molecular complexity index is 697. The Morgan fingerprint density at radius 3 is 2.44 bits per heavy atom. The van der Waals surface area contributed by atoms with Crippen molar-refractivity contribution in [3.8, 4) is 6.07 Å². The van der Waals surface area contributed by atoms with Gasteiger partial charge < -0.3 is 9.80 Å². The average molecular weight is 385 g/mol. The molecule has 1 aliphatic carbocycles. The molecular formula is C22H32N4S. The lowest BCUT2D eigenvalue weighted by Crippen LogP contribution is -2.35. The number of nitriles is 1. The Labute approximate surface area is 168 Å². The standard InChI is InChI=1S/C22H32N4S/c1-17-8-12-26(13-9-17)21-19-7-3-2-6-18(19)20(16-23)22(24-21)27-15-14-25-10-4-5-11-25/h17H,2-15H2,1H3. The largest absolute Gasteiger partial charge is 0.356 e. The van der Waals surface area contributed by atoms with Crippen molar-refractivity contribution in [3.05, 3.63) is 16.7 Å². The SMILES string of the molecule is CC1CCN(c2nc(SCCN3CCCC3)c(C#N)c3c2CCCC3)CC1. The molecule has 0 spiro atoms. The molecule has 0 saturated carbocycles. The van der Waals surface area contributed by atoms with Crippen LogP contribution in [0.4, 0.5) is 5.82 Å². The molecule has 3 aliphatic rings. The monoisotopic (exact) mass is 384 g/mol. The predicted molar refractivity (Wildman–Crippen MR) is 113 cm³/mol. The van der Waals surface area contributed by atoms with Crippen molar-refractivity contribution >= 4 is 17.6 Å². The zero-order chi connectivity index (χ0) is 18.6. The maximum absolute atomic E-state index is 9.89. The number of hydrogen-bond acceptors (Lipinski definition) is 5. The number of nitrogens with zero attached hydrogens (tertiary/aromatic N) is 4. The molecule has 4 rings (SSSR count). The van der Waals surface area contributed by atoms with Gasteiger partial charge >= 0.3 is 0 Å². The summed E-state index contributed by atoms with van der Waals surface area (Å²) < 4.78 is 0. The van der Waals surface area contributed by atoms with Crippen LogP contribution in [0.5, 0.6) is 0 Å². The van der Waals surface area contributed by atoms with E-state index in [1.54, 1.807) is 0 Å². The highest BCUT2D eigenvalue weighted by atomic mass is 32.2. The van der Waals surface area contributed by atoms with E-state index in [4.69, 9.17) is 4.98 Å². The van der Waals surface area contributed by atoms with Crippen molar-refractivity contribution in [1.29, 1.82) is 5.26 Å². The van der Waals surface area contributed by atoms with Gasteiger partial charge in [0.05, 0.1) is 5.56 Å². The first-order chi connectivity index (χ1) is 13.3. The average Bonchev–Trinajstić information content (AvgIpc) is 3.21. The van der Waals surface area contributed by atoms with Crippen LogP contribution < -0.4 is 4.90 Å². The minimum Gasteiger partial charge on any atom is -0.356 e. The second-order valence-corrected chi connectivity index (χ2v) is 9.54. The van der Waals surface area contributed by atoms with Gasteiger partial charge in [0.25, 0.3) is 0 Å². The number of likely N-dealkylation sites (tertiary alicyclic amines) is 1. The van der Waals surface area contributed by atoms with Crippen LogP contribution in [0.25, 0.3) is 0 Å². The molecular weight excluding hydrogens is 352 g/mol. The highest BCUT2D eigenvalue weighted by Gasteiger charge is 2.27. The van der Waals surface area contributed by atoms with E-state index < -0.39 is 0 Å². The number of pyridine rings is 1. The summed E-state index contributed by atoms with van der Waals surface area (Å²) in [5.41, 5.74) is 3.58. The molecule has 0 bridgehead atoms. The van der Waals surface area contributed by atoms with Gasteiger partial charge in [-0.15, -0.1) is 11.8 Å². The third kappa shape index (κ3) is 4.27. The Morgan fingerprint density at radius 1 is 1.04 bits per heavy atom. The summed E-state index contributed by atoms with van der Waals surface area (Å²) >= 11 is 1.81. The van der Waals surface area contributed by atoms with Gasteiger partial charge in [-0.05, 0) is 81.5 Å². The zero-order valence-electron chi connectivity index (χ0n) is 16.7. The molecule has 2 saturated heterocycles. The molecule has 0 radical (unpaired) electrons. The smallest absolute Gasteiger partial charge is 0.133 e. The lowest BCUT2D eigenvalue weighted by atomic mass is 9.88. The summed E-state index contributed by atoms with van der Waals surface area (Å²) in [6, 6.07) is 2.52. The summed E-state index contributed by atoms with van der Waals surface area (Å²) in [4.78, 5) is 10.2. The summed E-state index contributed by atoms with van der Waals surface area (Å²) in [5, 5.41) is 10.9. The number of anilines is 1. The highest BCUT2D eigenvalue weighted by Crippen LogP contribution is 2.37. The van der Waals surface area contributed by atoms with Crippen LogP contribution in [0.2, 0.25) is 0 Å². The van der Waals surface area contributed by atoms with E-state index in [-0.39, 0.29) is 0 Å². The van der Waals surface area contributed by atoms with Crippen molar-refractivity contribution < 1.29 is 0 Å². The Hall–Kier alpha value is -1.25. The van der Waals surface area contributed by atoms with Gasteiger partial charge in [0.15, 0.2) is 0 Å². The first-order valence-electron chi connectivity index (χ1n) is 10.8.